The number of fused-ring (bicyclic) bond motifs is 6. The van der Waals surface area contributed by atoms with Crippen LogP contribution in [0, 0.1) is 0 Å². The van der Waals surface area contributed by atoms with Gasteiger partial charge in [0.05, 0.1) is 0 Å². The molecule has 0 bridgehead atoms. The number of hydrogen-bond donors (Lipinski definition) is 0. The minimum Gasteiger partial charge on any atom is -0.455 e. The van der Waals surface area contributed by atoms with Gasteiger partial charge in [0.2, 0.25) is 0 Å². The van der Waals surface area contributed by atoms with Crippen LogP contribution in [-0.2, 0) is 0 Å². The summed E-state index contributed by atoms with van der Waals surface area (Å²) in [7, 11) is 0. The maximum atomic E-state index is 6.31. The van der Waals surface area contributed by atoms with Crippen LogP contribution in [0.3, 0.4) is 0 Å². The second-order valence-corrected chi connectivity index (χ2v) is 8.55. The Bertz CT molecular complexity index is 1820. The Kier molecular flexibility index (Phi) is 3.91. The average molecular weight is 421 g/mol. The molecule has 6 aromatic carbocycles. The van der Waals surface area contributed by atoms with Crippen molar-refractivity contribution in [2.45, 2.75) is 0 Å². The highest BCUT2D eigenvalue weighted by Crippen LogP contribution is 2.39. The Labute approximate surface area is 191 Å². The molecule has 0 radical (unpaired) electrons. The molecule has 0 spiro atoms. The molecule has 154 valence electrons. The molecular formula is C32H20O. The van der Waals surface area contributed by atoms with Gasteiger partial charge in [0.25, 0.3) is 0 Å². The zero-order chi connectivity index (χ0) is 21.8. The minimum absolute atomic E-state index is 0.927. The van der Waals surface area contributed by atoms with E-state index in [1.54, 1.807) is 0 Å². The lowest BCUT2D eigenvalue weighted by Crippen LogP contribution is -1.86. The van der Waals surface area contributed by atoms with E-state index in [-0.39, 0.29) is 0 Å². The van der Waals surface area contributed by atoms with Gasteiger partial charge in [0, 0.05) is 16.3 Å². The molecule has 0 atom stereocenters. The van der Waals surface area contributed by atoms with Gasteiger partial charge in [-0.25, -0.2) is 0 Å². The molecule has 0 unspecified atom stereocenters. The molecule has 7 rings (SSSR count). The van der Waals surface area contributed by atoms with Gasteiger partial charge in [-0.3, -0.25) is 0 Å². The Hall–Kier alpha value is -4.36. The lowest BCUT2D eigenvalue weighted by Gasteiger charge is -2.12. The van der Waals surface area contributed by atoms with Crippen molar-refractivity contribution in [3.05, 3.63) is 121 Å². The topological polar surface area (TPSA) is 13.1 Å². The van der Waals surface area contributed by atoms with Crippen LogP contribution in [-0.4, -0.2) is 0 Å². The number of rotatable bonds is 2. The van der Waals surface area contributed by atoms with Gasteiger partial charge in [-0.1, -0.05) is 103 Å². The second-order valence-electron chi connectivity index (χ2n) is 8.55. The predicted octanol–water partition coefficient (Wildman–Crippen LogP) is 9.23. The van der Waals surface area contributed by atoms with Crippen molar-refractivity contribution >= 4 is 43.5 Å². The van der Waals surface area contributed by atoms with Crippen LogP contribution in [0.4, 0.5) is 0 Å². The number of furan rings is 1. The van der Waals surface area contributed by atoms with E-state index >= 15 is 0 Å². The second kappa shape index (κ2) is 7.08. The first-order valence-corrected chi connectivity index (χ1v) is 11.3. The van der Waals surface area contributed by atoms with Gasteiger partial charge in [-0.05, 0) is 56.4 Å². The van der Waals surface area contributed by atoms with Gasteiger partial charge in [-0.2, -0.15) is 0 Å². The van der Waals surface area contributed by atoms with E-state index in [1.165, 1.54) is 32.7 Å². The predicted molar refractivity (Wildman–Crippen MR) is 140 cm³/mol. The molecule has 0 saturated carbocycles. The van der Waals surface area contributed by atoms with E-state index in [4.69, 9.17) is 4.42 Å². The summed E-state index contributed by atoms with van der Waals surface area (Å²) in [5.74, 6) is 0. The summed E-state index contributed by atoms with van der Waals surface area (Å²) < 4.78 is 6.31. The fourth-order valence-electron chi connectivity index (χ4n) is 5.12. The SMILES string of the molecule is c1cc(-c2cc3ccccc3c3ccccc23)cc(-c2cccc3c2oc2ccccc23)c1. The Morgan fingerprint density at radius 3 is 1.91 bits per heavy atom. The van der Waals surface area contributed by atoms with Crippen molar-refractivity contribution in [2.75, 3.05) is 0 Å². The van der Waals surface area contributed by atoms with E-state index in [0.29, 0.717) is 0 Å². The Balaban J connectivity index is 1.48. The zero-order valence-corrected chi connectivity index (χ0v) is 18.0. The molecule has 1 heterocycles. The highest BCUT2D eigenvalue weighted by Gasteiger charge is 2.13. The highest BCUT2D eigenvalue weighted by molar-refractivity contribution is 6.14. The maximum Gasteiger partial charge on any atom is 0.143 e. The van der Waals surface area contributed by atoms with E-state index in [0.717, 1.165) is 33.1 Å². The van der Waals surface area contributed by atoms with Crippen LogP contribution >= 0.6 is 0 Å². The van der Waals surface area contributed by atoms with Crippen molar-refractivity contribution in [2.24, 2.45) is 0 Å². The Morgan fingerprint density at radius 1 is 0.394 bits per heavy atom. The standard InChI is InChI=1S/C32H20O/c1-2-12-24-23(9-1)20-30(27-14-4-3-13-26(24)27)22-11-7-10-21(19-22)25-16-8-17-29-28-15-5-6-18-31(28)33-32(25)29/h1-20H. The summed E-state index contributed by atoms with van der Waals surface area (Å²) in [6, 6.07) is 43.1. The van der Waals surface area contributed by atoms with Crippen molar-refractivity contribution in [1.82, 2.24) is 0 Å². The summed E-state index contributed by atoms with van der Waals surface area (Å²) in [5.41, 5.74) is 6.62. The molecule has 0 amide bonds. The third-order valence-corrected chi connectivity index (χ3v) is 6.66. The fraction of sp³-hybridized carbons (Fsp3) is 0. The molecule has 33 heavy (non-hydrogen) atoms. The molecular weight excluding hydrogens is 400 g/mol. The van der Waals surface area contributed by atoms with Crippen LogP contribution in [0.15, 0.2) is 126 Å². The van der Waals surface area contributed by atoms with Crippen LogP contribution in [0.5, 0.6) is 0 Å². The van der Waals surface area contributed by atoms with Crippen LogP contribution < -0.4 is 0 Å². The molecule has 1 heteroatoms. The smallest absolute Gasteiger partial charge is 0.143 e. The van der Waals surface area contributed by atoms with E-state index in [2.05, 4.69) is 109 Å². The van der Waals surface area contributed by atoms with Crippen LogP contribution in [0.25, 0.3) is 65.7 Å². The van der Waals surface area contributed by atoms with E-state index in [1.807, 2.05) is 12.1 Å². The lowest BCUT2D eigenvalue weighted by molar-refractivity contribution is 0.670. The first-order valence-electron chi connectivity index (χ1n) is 11.3. The summed E-state index contributed by atoms with van der Waals surface area (Å²) in [6.45, 7) is 0. The molecule has 0 aliphatic carbocycles. The maximum absolute atomic E-state index is 6.31. The van der Waals surface area contributed by atoms with E-state index in [9.17, 15) is 0 Å². The fourth-order valence-corrected chi connectivity index (χ4v) is 5.12. The highest BCUT2D eigenvalue weighted by atomic mass is 16.3. The third kappa shape index (κ3) is 2.79. The van der Waals surface area contributed by atoms with Gasteiger partial charge >= 0.3 is 0 Å². The van der Waals surface area contributed by atoms with E-state index < -0.39 is 0 Å². The molecule has 0 aliphatic heterocycles. The molecule has 0 saturated heterocycles. The molecule has 1 aromatic heterocycles. The zero-order valence-electron chi connectivity index (χ0n) is 18.0. The first-order chi connectivity index (χ1) is 16.4. The molecule has 0 N–H and O–H groups in total. The summed E-state index contributed by atoms with van der Waals surface area (Å²) in [6.07, 6.45) is 0. The third-order valence-electron chi connectivity index (χ3n) is 6.66. The molecule has 1 nitrogen and oxygen atoms in total. The van der Waals surface area contributed by atoms with Gasteiger partial charge in [0.1, 0.15) is 11.2 Å². The number of hydrogen-bond acceptors (Lipinski definition) is 1. The van der Waals surface area contributed by atoms with Crippen LogP contribution in [0.1, 0.15) is 0 Å². The quantitative estimate of drug-likeness (QED) is 0.254. The number of benzene rings is 6. The first kappa shape index (κ1) is 18.2. The molecule has 0 fully saturated rings. The normalized spacial score (nSPS) is 11.6. The van der Waals surface area contributed by atoms with Crippen molar-refractivity contribution in [3.63, 3.8) is 0 Å². The molecule has 7 aromatic rings. The monoisotopic (exact) mass is 420 g/mol. The van der Waals surface area contributed by atoms with Gasteiger partial charge < -0.3 is 4.42 Å². The van der Waals surface area contributed by atoms with Gasteiger partial charge in [0.15, 0.2) is 0 Å². The Morgan fingerprint density at radius 2 is 1.03 bits per heavy atom. The largest absolute Gasteiger partial charge is 0.455 e. The van der Waals surface area contributed by atoms with Crippen molar-refractivity contribution in [1.29, 1.82) is 0 Å². The average Bonchev–Trinajstić information content (AvgIpc) is 3.27. The minimum atomic E-state index is 0.927. The summed E-state index contributed by atoms with van der Waals surface area (Å²) in [4.78, 5) is 0. The summed E-state index contributed by atoms with van der Waals surface area (Å²) >= 11 is 0. The lowest BCUT2D eigenvalue weighted by atomic mass is 9.91. The van der Waals surface area contributed by atoms with Gasteiger partial charge in [-0.15, -0.1) is 0 Å². The summed E-state index contributed by atoms with van der Waals surface area (Å²) in [5, 5.41) is 7.43. The van der Waals surface area contributed by atoms with Crippen molar-refractivity contribution < 1.29 is 4.42 Å². The van der Waals surface area contributed by atoms with Crippen LogP contribution in [0.2, 0.25) is 0 Å². The van der Waals surface area contributed by atoms with Crippen molar-refractivity contribution in [3.8, 4) is 22.3 Å². The number of para-hydroxylation sites is 2. The molecule has 0 aliphatic rings.